The second kappa shape index (κ2) is 8.52. The van der Waals surface area contributed by atoms with Crippen LogP contribution in [-0.4, -0.2) is 26.0 Å². The Bertz CT molecular complexity index is 209. The van der Waals surface area contributed by atoms with Crippen LogP contribution in [0.5, 0.6) is 0 Å². The van der Waals surface area contributed by atoms with Crippen molar-refractivity contribution in [2.24, 2.45) is 0 Å². The van der Waals surface area contributed by atoms with E-state index in [9.17, 15) is 9.59 Å². The number of methoxy groups -OCH3 is 1. The number of carbonyl (C=O) groups excluding carboxylic acids is 2. The Morgan fingerprint density at radius 3 is 1.92 bits per heavy atom. The standard InChI is InChI=1S/C5H8O2.C4H7NO/c1-4(2)5(6)7-3;1-3-4(6)5-2/h1H2,2-3H3;3H,1H2,2H3,(H,5,6). The number of rotatable bonds is 2. The van der Waals surface area contributed by atoms with Crippen LogP contribution in [0.2, 0.25) is 0 Å². The van der Waals surface area contributed by atoms with Gasteiger partial charge in [0.25, 0.3) is 0 Å². The average molecular weight is 185 g/mol. The van der Waals surface area contributed by atoms with Crippen molar-refractivity contribution in [1.29, 1.82) is 0 Å². The fourth-order valence-electron chi connectivity index (χ4n) is 0.276. The number of likely N-dealkylation sites (N-methyl/N-ethyl adjacent to an activating group) is 1. The van der Waals surface area contributed by atoms with Crippen molar-refractivity contribution in [1.82, 2.24) is 5.32 Å². The van der Waals surface area contributed by atoms with E-state index in [4.69, 9.17) is 0 Å². The highest BCUT2D eigenvalue weighted by molar-refractivity contribution is 5.86. The van der Waals surface area contributed by atoms with E-state index in [-0.39, 0.29) is 11.9 Å². The van der Waals surface area contributed by atoms with E-state index >= 15 is 0 Å². The molecule has 0 rings (SSSR count). The maximum atomic E-state index is 10.2. The lowest BCUT2D eigenvalue weighted by Gasteiger charge is -1.91. The molecule has 0 aromatic rings. The third-order valence-corrected chi connectivity index (χ3v) is 0.966. The molecule has 1 amide bonds. The average Bonchev–Trinajstić information content (AvgIpc) is 2.16. The molecule has 4 nitrogen and oxygen atoms in total. The Balaban J connectivity index is 0. The van der Waals surface area contributed by atoms with E-state index in [1.54, 1.807) is 14.0 Å². The highest BCUT2D eigenvalue weighted by atomic mass is 16.5. The molecule has 0 radical (unpaired) electrons. The molecule has 0 heterocycles. The van der Waals surface area contributed by atoms with E-state index in [0.717, 1.165) is 0 Å². The summed E-state index contributed by atoms with van der Waals surface area (Å²) in [4.78, 5) is 20.1. The molecule has 0 aliphatic carbocycles. The summed E-state index contributed by atoms with van der Waals surface area (Å²) in [5, 5.41) is 2.36. The van der Waals surface area contributed by atoms with Crippen LogP contribution in [-0.2, 0) is 14.3 Å². The number of hydrogen-bond donors (Lipinski definition) is 1. The lowest BCUT2D eigenvalue weighted by molar-refractivity contribution is -0.136. The fourth-order valence-corrected chi connectivity index (χ4v) is 0.276. The minimum absolute atomic E-state index is 0.144. The zero-order valence-electron chi connectivity index (χ0n) is 8.22. The van der Waals surface area contributed by atoms with Crippen LogP contribution in [0.3, 0.4) is 0 Å². The Morgan fingerprint density at radius 1 is 1.46 bits per heavy atom. The van der Waals surface area contributed by atoms with Gasteiger partial charge in [-0.3, -0.25) is 4.79 Å². The Labute approximate surface area is 78.3 Å². The van der Waals surface area contributed by atoms with Crippen LogP contribution >= 0.6 is 0 Å². The first-order valence-electron chi connectivity index (χ1n) is 3.57. The van der Waals surface area contributed by atoms with Gasteiger partial charge in [0, 0.05) is 12.6 Å². The molecule has 0 bridgehead atoms. The first kappa shape index (κ1) is 14.0. The van der Waals surface area contributed by atoms with Crippen molar-refractivity contribution in [2.75, 3.05) is 14.2 Å². The van der Waals surface area contributed by atoms with Gasteiger partial charge in [-0.1, -0.05) is 13.2 Å². The zero-order chi connectivity index (χ0) is 10.9. The topological polar surface area (TPSA) is 55.4 Å². The summed E-state index contributed by atoms with van der Waals surface area (Å²) in [7, 11) is 2.89. The molecule has 0 atom stereocenters. The number of ether oxygens (including phenoxy) is 1. The summed E-state index contributed by atoms with van der Waals surface area (Å²) in [5.41, 5.74) is 0.433. The Hall–Kier alpha value is -1.58. The largest absolute Gasteiger partial charge is 0.466 e. The van der Waals surface area contributed by atoms with Crippen LogP contribution in [0, 0.1) is 0 Å². The van der Waals surface area contributed by atoms with Crippen LogP contribution < -0.4 is 5.32 Å². The monoisotopic (exact) mass is 185 g/mol. The summed E-state index contributed by atoms with van der Waals surface area (Å²) in [6.07, 6.45) is 1.22. The lowest BCUT2D eigenvalue weighted by atomic mass is 10.4. The molecule has 0 aromatic heterocycles. The smallest absolute Gasteiger partial charge is 0.332 e. The quantitative estimate of drug-likeness (QED) is 0.507. The first-order chi connectivity index (χ1) is 5.99. The molecule has 0 aliphatic heterocycles. The number of carbonyl (C=O) groups is 2. The zero-order valence-corrected chi connectivity index (χ0v) is 8.22. The highest BCUT2D eigenvalue weighted by Crippen LogP contribution is 1.87. The molecule has 4 heteroatoms. The van der Waals surface area contributed by atoms with E-state index in [0.29, 0.717) is 5.57 Å². The maximum absolute atomic E-state index is 10.2. The molecule has 0 aliphatic rings. The molecule has 0 fully saturated rings. The van der Waals surface area contributed by atoms with Crippen LogP contribution in [0.25, 0.3) is 0 Å². The number of amides is 1. The summed E-state index contributed by atoms with van der Waals surface area (Å²) in [6, 6.07) is 0. The SMILES string of the molecule is C=C(C)C(=O)OC.C=CC(=O)NC. The van der Waals surface area contributed by atoms with Gasteiger partial charge in [0.2, 0.25) is 5.91 Å². The number of hydrogen-bond acceptors (Lipinski definition) is 3. The van der Waals surface area contributed by atoms with Gasteiger partial charge in [-0.25, -0.2) is 4.79 Å². The van der Waals surface area contributed by atoms with Gasteiger partial charge >= 0.3 is 5.97 Å². The van der Waals surface area contributed by atoms with Gasteiger partial charge < -0.3 is 10.1 Å². The molecule has 13 heavy (non-hydrogen) atoms. The lowest BCUT2D eigenvalue weighted by Crippen LogP contribution is -2.13. The first-order valence-corrected chi connectivity index (χ1v) is 3.57. The predicted octanol–water partition coefficient (Wildman–Crippen LogP) is 0.654. The van der Waals surface area contributed by atoms with E-state index < -0.39 is 0 Å². The molecular weight excluding hydrogens is 170 g/mol. The van der Waals surface area contributed by atoms with Crippen molar-refractivity contribution in [2.45, 2.75) is 6.92 Å². The van der Waals surface area contributed by atoms with Crippen molar-refractivity contribution in [3.05, 3.63) is 24.8 Å². The van der Waals surface area contributed by atoms with E-state index in [1.807, 2.05) is 0 Å². The van der Waals surface area contributed by atoms with Crippen molar-refractivity contribution in [3.8, 4) is 0 Å². The molecule has 0 spiro atoms. The van der Waals surface area contributed by atoms with E-state index in [1.165, 1.54) is 13.2 Å². The van der Waals surface area contributed by atoms with Crippen LogP contribution in [0.4, 0.5) is 0 Å². The summed E-state index contributed by atoms with van der Waals surface area (Å²) >= 11 is 0. The second-order valence-corrected chi connectivity index (χ2v) is 2.09. The van der Waals surface area contributed by atoms with Gasteiger partial charge in [-0.05, 0) is 13.0 Å². The van der Waals surface area contributed by atoms with Crippen molar-refractivity contribution < 1.29 is 14.3 Å². The summed E-state index contributed by atoms with van der Waals surface area (Å²) in [6.45, 7) is 8.17. The predicted molar refractivity (Wildman–Crippen MR) is 51.1 cm³/mol. The van der Waals surface area contributed by atoms with Crippen LogP contribution in [0.1, 0.15) is 6.92 Å². The summed E-state index contributed by atoms with van der Waals surface area (Å²) in [5.74, 6) is -0.491. The van der Waals surface area contributed by atoms with Gasteiger partial charge in [0.15, 0.2) is 0 Å². The maximum Gasteiger partial charge on any atom is 0.332 e. The molecule has 74 valence electrons. The van der Waals surface area contributed by atoms with E-state index in [2.05, 4.69) is 23.2 Å². The molecule has 0 saturated carbocycles. The van der Waals surface area contributed by atoms with Gasteiger partial charge in [0.1, 0.15) is 0 Å². The summed E-state index contributed by atoms with van der Waals surface area (Å²) < 4.78 is 4.27. The minimum Gasteiger partial charge on any atom is -0.466 e. The molecule has 0 saturated heterocycles. The van der Waals surface area contributed by atoms with Gasteiger partial charge in [-0.2, -0.15) is 0 Å². The Morgan fingerprint density at radius 2 is 1.92 bits per heavy atom. The van der Waals surface area contributed by atoms with Gasteiger partial charge in [0.05, 0.1) is 7.11 Å². The minimum atomic E-state index is -0.347. The molecule has 0 unspecified atom stereocenters. The molecular formula is C9H15NO3. The van der Waals surface area contributed by atoms with Gasteiger partial charge in [-0.15, -0.1) is 0 Å². The Kier molecular flexibility index (Phi) is 9.15. The number of nitrogens with one attached hydrogen (secondary N) is 1. The highest BCUT2D eigenvalue weighted by Gasteiger charge is 1.95. The van der Waals surface area contributed by atoms with Crippen molar-refractivity contribution in [3.63, 3.8) is 0 Å². The van der Waals surface area contributed by atoms with Crippen molar-refractivity contribution >= 4 is 11.9 Å². The fraction of sp³-hybridized carbons (Fsp3) is 0.333. The van der Waals surface area contributed by atoms with Crippen LogP contribution in [0.15, 0.2) is 24.8 Å². The third-order valence-electron chi connectivity index (χ3n) is 0.966. The molecule has 1 N–H and O–H groups in total. The third kappa shape index (κ3) is 10.4. The second-order valence-electron chi connectivity index (χ2n) is 2.09. The number of esters is 1. The molecule has 0 aromatic carbocycles. The normalized spacial score (nSPS) is 7.31.